The second kappa shape index (κ2) is 8.07. The molecule has 0 amide bonds. The summed E-state index contributed by atoms with van der Waals surface area (Å²) in [7, 11) is -3.47. The lowest BCUT2D eigenvalue weighted by atomic mass is 10.1. The first kappa shape index (κ1) is 18.7. The summed E-state index contributed by atoms with van der Waals surface area (Å²) in [5.41, 5.74) is 3.52. The van der Waals surface area contributed by atoms with Crippen LogP contribution in [0.25, 0.3) is 5.69 Å². The standard InChI is InChI=1S/C19H21N3O2S2/c1-15-7-6-10-18(16(15)2)22-13-11-20-19(22)25-14-12-21-26(23,24)17-8-4-3-5-9-17/h3-11,13,21H,12,14H2,1-2H3. The molecule has 0 aliphatic heterocycles. The minimum absolute atomic E-state index is 0.280. The van der Waals surface area contributed by atoms with Crippen LogP contribution < -0.4 is 4.72 Å². The third-order valence-electron chi connectivity index (χ3n) is 4.12. The SMILES string of the molecule is Cc1cccc(-n2ccnc2SCCNS(=O)(=O)c2ccccc2)c1C. The number of rotatable bonds is 7. The molecule has 1 aromatic heterocycles. The number of imidazole rings is 1. The van der Waals surface area contributed by atoms with Crippen LogP contribution in [-0.2, 0) is 10.0 Å². The van der Waals surface area contributed by atoms with Gasteiger partial charge in [-0.2, -0.15) is 0 Å². The summed E-state index contributed by atoms with van der Waals surface area (Å²) in [6, 6.07) is 14.6. The van der Waals surface area contributed by atoms with Crippen molar-refractivity contribution in [3.63, 3.8) is 0 Å². The maximum atomic E-state index is 12.2. The van der Waals surface area contributed by atoms with Crippen LogP contribution in [0.3, 0.4) is 0 Å². The molecule has 2 aromatic carbocycles. The lowest BCUT2D eigenvalue weighted by Crippen LogP contribution is -2.26. The number of hydrogen-bond donors (Lipinski definition) is 1. The lowest BCUT2D eigenvalue weighted by Gasteiger charge is -2.12. The van der Waals surface area contributed by atoms with Crippen molar-refractivity contribution < 1.29 is 8.42 Å². The summed E-state index contributed by atoms with van der Waals surface area (Å²) < 4.78 is 29.1. The first-order valence-electron chi connectivity index (χ1n) is 8.26. The molecule has 0 saturated carbocycles. The molecular formula is C19H21N3O2S2. The number of aromatic nitrogens is 2. The zero-order valence-corrected chi connectivity index (χ0v) is 16.3. The second-order valence-corrected chi connectivity index (χ2v) is 8.69. The topological polar surface area (TPSA) is 64.0 Å². The van der Waals surface area contributed by atoms with Gasteiger partial charge in [0.1, 0.15) is 0 Å². The van der Waals surface area contributed by atoms with Gasteiger partial charge in [-0.3, -0.25) is 4.57 Å². The Hall–Kier alpha value is -2.09. The van der Waals surface area contributed by atoms with Crippen LogP contribution >= 0.6 is 11.8 Å². The molecule has 0 radical (unpaired) electrons. The van der Waals surface area contributed by atoms with E-state index in [4.69, 9.17) is 0 Å². The minimum atomic E-state index is -3.47. The fourth-order valence-corrected chi connectivity index (χ4v) is 4.58. The van der Waals surface area contributed by atoms with E-state index in [1.165, 1.54) is 22.9 Å². The quantitative estimate of drug-likeness (QED) is 0.497. The molecule has 0 fully saturated rings. The Morgan fingerprint density at radius 3 is 2.62 bits per heavy atom. The zero-order valence-electron chi connectivity index (χ0n) is 14.7. The Morgan fingerprint density at radius 2 is 1.85 bits per heavy atom. The van der Waals surface area contributed by atoms with Crippen LogP contribution in [-0.4, -0.2) is 30.3 Å². The molecule has 0 spiro atoms. The van der Waals surface area contributed by atoms with Gasteiger partial charge < -0.3 is 0 Å². The average Bonchev–Trinajstić information content (AvgIpc) is 3.10. The van der Waals surface area contributed by atoms with Gasteiger partial charge in [0.2, 0.25) is 10.0 Å². The highest BCUT2D eigenvalue weighted by molar-refractivity contribution is 7.99. The highest BCUT2D eigenvalue weighted by Gasteiger charge is 2.13. The molecule has 26 heavy (non-hydrogen) atoms. The van der Waals surface area contributed by atoms with E-state index in [9.17, 15) is 8.42 Å². The van der Waals surface area contributed by atoms with E-state index in [-0.39, 0.29) is 4.90 Å². The molecule has 0 bridgehead atoms. The maximum absolute atomic E-state index is 12.2. The van der Waals surface area contributed by atoms with E-state index in [1.807, 2.05) is 16.8 Å². The van der Waals surface area contributed by atoms with E-state index < -0.39 is 10.0 Å². The van der Waals surface area contributed by atoms with E-state index in [0.717, 1.165) is 10.8 Å². The van der Waals surface area contributed by atoms with Crippen molar-refractivity contribution in [2.24, 2.45) is 0 Å². The molecule has 1 N–H and O–H groups in total. The largest absolute Gasteiger partial charge is 0.295 e. The molecule has 3 aromatic rings. The molecular weight excluding hydrogens is 366 g/mol. The first-order chi connectivity index (χ1) is 12.5. The van der Waals surface area contributed by atoms with Crippen molar-refractivity contribution in [2.75, 3.05) is 12.3 Å². The Kier molecular flexibility index (Phi) is 5.80. The highest BCUT2D eigenvalue weighted by Crippen LogP contribution is 2.24. The van der Waals surface area contributed by atoms with Gasteiger partial charge in [-0.05, 0) is 43.2 Å². The van der Waals surface area contributed by atoms with Crippen LogP contribution in [0, 0.1) is 13.8 Å². The monoisotopic (exact) mass is 387 g/mol. The fraction of sp³-hybridized carbons (Fsp3) is 0.211. The lowest BCUT2D eigenvalue weighted by molar-refractivity contribution is 0.584. The Bertz CT molecular complexity index is 983. The van der Waals surface area contributed by atoms with Crippen LogP contribution in [0.15, 0.2) is 71.0 Å². The van der Waals surface area contributed by atoms with Gasteiger partial charge in [0, 0.05) is 24.7 Å². The van der Waals surface area contributed by atoms with Gasteiger partial charge in [-0.1, -0.05) is 42.1 Å². The zero-order chi connectivity index (χ0) is 18.6. The number of sulfonamides is 1. The van der Waals surface area contributed by atoms with Gasteiger partial charge in [-0.25, -0.2) is 18.1 Å². The van der Waals surface area contributed by atoms with Gasteiger partial charge in [-0.15, -0.1) is 0 Å². The first-order valence-corrected chi connectivity index (χ1v) is 10.7. The summed E-state index contributed by atoms with van der Waals surface area (Å²) >= 11 is 1.52. The molecule has 0 aliphatic rings. The molecule has 136 valence electrons. The third kappa shape index (κ3) is 4.17. The van der Waals surface area contributed by atoms with Crippen molar-refractivity contribution in [3.05, 3.63) is 72.1 Å². The highest BCUT2D eigenvalue weighted by atomic mass is 32.2. The van der Waals surface area contributed by atoms with Crippen molar-refractivity contribution in [3.8, 4) is 5.69 Å². The number of hydrogen-bond acceptors (Lipinski definition) is 4. The van der Waals surface area contributed by atoms with Crippen LogP contribution in [0.4, 0.5) is 0 Å². The summed E-state index contributed by atoms with van der Waals surface area (Å²) in [4.78, 5) is 4.68. The Balaban J connectivity index is 1.64. The molecule has 0 unspecified atom stereocenters. The normalized spacial score (nSPS) is 11.6. The smallest absolute Gasteiger partial charge is 0.240 e. The number of aryl methyl sites for hydroxylation is 1. The average molecular weight is 388 g/mol. The van der Waals surface area contributed by atoms with E-state index in [2.05, 4.69) is 35.7 Å². The second-order valence-electron chi connectivity index (χ2n) is 5.86. The molecule has 1 heterocycles. The molecule has 0 aliphatic carbocycles. The number of thioether (sulfide) groups is 1. The van der Waals surface area contributed by atoms with Crippen molar-refractivity contribution in [1.82, 2.24) is 14.3 Å². The summed E-state index contributed by atoms with van der Waals surface area (Å²) in [6.07, 6.45) is 3.69. The molecule has 0 saturated heterocycles. The minimum Gasteiger partial charge on any atom is -0.295 e. The molecule has 0 atom stereocenters. The summed E-state index contributed by atoms with van der Waals surface area (Å²) in [6.45, 7) is 4.51. The van der Waals surface area contributed by atoms with Crippen molar-refractivity contribution in [2.45, 2.75) is 23.9 Å². The molecule has 7 heteroatoms. The number of nitrogens with zero attached hydrogens (tertiary/aromatic N) is 2. The summed E-state index contributed by atoms with van der Waals surface area (Å²) in [5.74, 6) is 0.591. The van der Waals surface area contributed by atoms with Crippen LogP contribution in [0.5, 0.6) is 0 Å². The fourth-order valence-electron chi connectivity index (χ4n) is 2.58. The van der Waals surface area contributed by atoms with Gasteiger partial charge in [0.25, 0.3) is 0 Å². The Labute approximate surface area is 158 Å². The summed E-state index contributed by atoms with van der Waals surface area (Å²) in [5, 5.41) is 0.845. The molecule has 5 nitrogen and oxygen atoms in total. The van der Waals surface area contributed by atoms with Gasteiger partial charge in [0.15, 0.2) is 5.16 Å². The predicted octanol–water partition coefficient (Wildman–Crippen LogP) is 3.56. The van der Waals surface area contributed by atoms with E-state index in [1.54, 1.807) is 36.5 Å². The molecule has 3 rings (SSSR count). The Morgan fingerprint density at radius 1 is 1.08 bits per heavy atom. The van der Waals surface area contributed by atoms with Crippen molar-refractivity contribution >= 4 is 21.8 Å². The van der Waals surface area contributed by atoms with Gasteiger partial charge >= 0.3 is 0 Å². The van der Waals surface area contributed by atoms with E-state index >= 15 is 0 Å². The van der Waals surface area contributed by atoms with Crippen LogP contribution in [0.1, 0.15) is 11.1 Å². The van der Waals surface area contributed by atoms with E-state index in [0.29, 0.717) is 12.3 Å². The van der Waals surface area contributed by atoms with Crippen LogP contribution in [0.2, 0.25) is 0 Å². The third-order valence-corrected chi connectivity index (χ3v) is 6.57. The maximum Gasteiger partial charge on any atom is 0.240 e. The van der Waals surface area contributed by atoms with Gasteiger partial charge in [0.05, 0.1) is 10.6 Å². The number of nitrogens with one attached hydrogen (secondary N) is 1. The van der Waals surface area contributed by atoms with Crippen molar-refractivity contribution in [1.29, 1.82) is 0 Å². The number of benzene rings is 2. The predicted molar refractivity (Wildman–Crippen MR) is 105 cm³/mol.